The molecule has 2 aromatic carbocycles. The van der Waals surface area contributed by atoms with Gasteiger partial charge in [0.1, 0.15) is 12.9 Å². The molecule has 0 bridgehead atoms. The molecule has 6 nitrogen and oxygen atoms in total. The van der Waals surface area contributed by atoms with Gasteiger partial charge in [0.15, 0.2) is 6.10 Å². The van der Waals surface area contributed by atoms with Crippen molar-refractivity contribution in [3.05, 3.63) is 83.9 Å². The Morgan fingerprint density at radius 1 is 1.12 bits per heavy atom. The molecular formula is C26H28N3O3+. The van der Waals surface area contributed by atoms with E-state index in [1.807, 2.05) is 54.6 Å². The topological polar surface area (TPSA) is 72.3 Å². The first kappa shape index (κ1) is 20.8. The van der Waals surface area contributed by atoms with Gasteiger partial charge in [-0.25, -0.2) is 14.8 Å². The van der Waals surface area contributed by atoms with Crippen LogP contribution < -0.4 is 0 Å². The van der Waals surface area contributed by atoms with Crippen molar-refractivity contribution in [1.82, 2.24) is 9.97 Å². The number of quaternary nitrogens is 1. The SMILES string of the molecule is C[N+]1(CCc2ccncn2)CCC[C@@H](OC(=O)C2(O)c3ccccc3-c3ccccc32)C1. The maximum atomic E-state index is 13.5. The molecule has 0 spiro atoms. The number of benzene rings is 2. The quantitative estimate of drug-likeness (QED) is 0.498. The summed E-state index contributed by atoms with van der Waals surface area (Å²) in [5, 5.41) is 11.7. The Morgan fingerprint density at radius 3 is 2.47 bits per heavy atom. The molecule has 2 heterocycles. The first-order valence-electron chi connectivity index (χ1n) is 11.2. The lowest BCUT2D eigenvalue weighted by atomic mass is 9.91. The van der Waals surface area contributed by atoms with Crippen LogP contribution in [0.2, 0.25) is 0 Å². The summed E-state index contributed by atoms with van der Waals surface area (Å²) in [4.78, 5) is 21.8. The normalized spacial score (nSPS) is 23.2. The van der Waals surface area contributed by atoms with Crippen molar-refractivity contribution in [2.45, 2.75) is 31.0 Å². The first-order valence-corrected chi connectivity index (χ1v) is 11.2. The van der Waals surface area contributed by atoms with Gasteiger partial charge >= 0.3 is 5.97 Å². The molecule has 0 radical (unpaired) electrons. The Hall–Kier alpha value is -3.09. The Morgan fingerprint density at radius 2 is 1.81 bits per heavy atom. The van der Waals surface area contributed by atoms with E-state index in [1.165, 1.54) is 0 Å². The zero-order chi connectivity index (χ0) is 22.2. The third kappa shape index (κ3) is 3.59. The van der Waals surface area contributed by atoms with E-state index >= 15 is 0 Å². The van der Waals surface area contributed by atoms with Crippen molar-refractivity contribution in [3.8, 4) is 11.1 Å². The van der Waals surface area contributed by atoms with E-state index in [9.17, 15) is 9.90 Å². The van der Waals surface area contributed by atoms with E-state index in [-0.39, 0.29) is 6.10 Å². The zero-order valence-electron chi connectivity index (χ0n) is 18.3. The molecule has 1 aliphatic heterocycles. The third-order valence-corrected chi connectivity index (χ3v) is 6.91. The number of nitrogens with zero attached hydrogens (tertiary/aromatic N) is 3. The number of carbonyl (C=O) groups excluding carboxylic acids is 1. The van der Waals surface area contributed by atoms with Gasteiger partial charge in [0, 0.05) is 35.9 Å². The lowest BCUT2D eigenvalue weighted by Gasteiger charge is -2.41. The zero-order valence-corrected chi connectivity index (χ0v) is 18.3. The molecule has 0 saturated carbocycles. The molecule has 1 aliphatic carbocycles. The number of piperidine rings is 1. The van der Waals surface area contributed by atoms with Gasteiger partial charge in [-0.05, 0) is 23.6 Å². The molecule has 1 N–H and O–H groups in total. The predicted octanol–water partition coefficient (Wildman–Crippen LogP) is 3.09. The second-order valence-corrected chi connectivity index (χ2v) is 9.17. The molecule has 6 heteroatoms. The summed E-state index contributed by atoms with van der Waals surface area (Å²) >= 11 is 0. The summed E-state index contributed by atoms with van der Waals surface area (Å²) in [5.74, 6) is -0.579. The van der Waals surface area contributed by atoms with E-state index in [1.54, 1.807) is 12.5 Å². The molecule has 3 aromatic rings. The molecule has 5 rings (SSSR count). The van der Waals surface area contributed by atoms with E-state index < -0.39 is 11.6 Å². The molecule has 1 unspecified atom stereocenters. The minimum absolute atomic E-state index is 0.226. The lowest BCUT2D eigenvalue weighted by Crippen LogP contribution is -2.55. The Bertz CT molecular complexity index is 1090. The number of esters is 1. The average molecular weight is 431 g/mol. The summed E-state index contributed by atoms with van der Waals surface area (Å²) in [7, 11) is 2.20. The number of hydrogen-bond acceptors (Lipinski definition) is 5. The van der Waals surface area contributed by atoms with Gasteiger partial charge in [0.05, 0.1) is 20.1 Å². The Balaban J connectivity index is 1.34. The van der Waals surface area contributed by atoms with Gasteiger partial charge in [-0.3, -0.25) is 0 Å². The summed E-state index contributed by atoms with van der Waals surface area (Å²) < 4.78 is 6.82. The predicted molar refractivity (Wildman–Crippen MR) is 121 cm³/mol. The molecule has 164 valence electrons. The first-order chi connectivity index (χ1) is 15.5. The standard InChI is InChI=1S/C26H28N3O3/c1-29(16-13-19-12-14-27-18-28-19)15-6-7-20(17-29)32-25(30)26(31)23-10-4-2-8-21(23)22-9-3-5-11-24(22)26/h2-5,8-12,14,18,20,31H,6-7,13,15-17H2,1H3/q+1/t20-,29?/m1/s1. The van der Waals surface area contributed by atoms with Crippen LogP contribution in [-0.4, -0.2) is 58.3 Å². The van der Waals surface area contributed by atoms with Crippen LogP contribution in [0, 0.1) is 0 Å². The number of aromatic nitrogens is 2. The van der Waals surface area contributed by atoms with Crippen LogP contribution >= 0.6 is 0 Å². The van der Waals surface area contributed by atoms with E-state index in [0.29, 0.717) is 11.1 Å². The maximum Gasteiger partial charge on any atom is 0.348 e. The molecule has 32 heavy (non-hydrogen) atoms. The molecule has 1 aromatic heterocycles. The molecule has 0 amide bonds. The van der Waals surface area contributed by atoms with Crippen LogP contribution in [0.25, 0.3) is 11.1 Å². The second kappa shape index (κ2) is 8.11. The number of hydrogen-bond donors (Lipinski definition) is 1. The fourth-order valence-corrected chi connectivity index (χ4v) is 5.19. The van der Waals surface area contributed by atoms with Crippen molar-refractivity contribution in [3.63, 3.8) is 0 Å². The van der Waals surface area contributed by atoms with Crippen LogP contribution in [0.15, 0.2) is 67.1 Å². The van der Waals surface area contributed by atoms with E-state index in [0.717, 1.165) is 60.2 Å². The van der Waals surface area contributed by atoms with Crippen molar-refractivity contribution in [2.75, 3.05) is 26.7 Å². The van der Waals surface area contributed by atoms with Gasteiger partial charge in [-0.15, -0.1) is 0 Å². The minimum atomic E-state index is -1.77. The van der Waals surface area contributed by atoms with Gasteiger partial charge in [0.2, 0.25) is 5.60 Å². The number of ether oxygens (including phenoxy) is 1. The van der Waals surface area contributed by atoms with E-state index in [2.05, 4.69) is 17.0 Å². The summed E-state index contributed by atoms with van der Waals surface area (Å²) in [5.41, 5.74) is 2.22. The van der Waals surface area contributed by atoms with Crippen LogP contribution in [0.3, 0.4) is 0 Å². The van der Waals surface area contributed by atoms with Crippen LogP contribution in [-0.2, 0) is 21.6 Å². The number of likely N-dealkylation sites (tertiary alicyclic amines) is 1. The molecular weight excluding hydrogens is 402 g/mol. The molecule has 1 fully saturated rings. The highest BCUT2D eigenvalue weighted by Gasteiger charge is 2.50. The Labute approximate surface area is 188 Å². The van der Waals surface area contributed by atoms with Gasteiger partial charge in [-0.2, -0.15) is 0 Å². The van der Waals surface area contributed by atoms with Gasteiger partial charge in [0.25, 0.3) is 0 Å². The number of likely N-dealkylation sites (N-methyl/N-ethyl adjacent to an activating group) is 1. The highest BCUT2D eigenvalue weighted by molar-refractivity contribution is 5.96. The van der Waals surface area contributed by atoms with Gasteiger partial charge in [-0.1, -0.05) is 48.5 Å². The summed E-state index contributed by atoms with van der Waals surface area (Å²) in [6.45, 7) is 2.69. The largest absolute Gasteiger partial charge is 0.454 e. The van der Waals surface area contributed by atoms with Crippen molar-refractivity contribution < 1.29 is 19.1 Å². The number of fused-ring (bicyclic) bond motifs is 3. The number of aliphatic hydroxyl groups is 1. The number of carbonyl (C=O) groups is 1. The monoisotopic (exact) mass is 430 g/mol. The van der Waals surface area contributed by atoms with Crippen molar-refractivity contribution >= 4 is 5.97 Å². The molecule has 2 atom stereocenters. The Kier molecular flexibility index (Phi) is 5.27. The van der Waals surface area contributed by atoms with E-state index in [4.69, 9.17) is 4.74 Å². The highest BCUT2D eigenvalue weighted by atomic mass is 16.6. The minimum Gasteiger partial charge on any atom is -0.454 e. The van der Waals surface area contributed by atoms with Gasteiger partial charge < -0.3 is 14.3 Å². The summed E-state index contributed by atoms with van der Waals surface area (Å²) in [6, 6.07) is 17.0. The van der Waals surface area contributed by atoms with Crippen LogP contribution in [0.4, 0.5) is 0 Å². The fourth-order valence-electron chi connectivity index (χ4n) is 5.19. The van der Waals surface area contributed by atoms with Crippen LogP contribution in [0.1, 0.15) is 29.7 Å². The smallest absolute Gasteiger partial charge is 0.348 e. The average Bonchev–Trinajstić information content (AvgIpc) is 3.09. The highest BCUT2D eigenvalue weighted by Crippen LogP contribution is 2.48. The van der Waals surface area contributed by atoms with Crippen molar-refractivity contribution in [2.24, 2.45) is 0 Å². The molecule has 1 saturated heterocycles. The van der Waals surface area contributed by atoms with Crippen molar-refractivity contribution in [1.29, 1.82) is 0 Å². The molecule has 2 aliphatic rings. The fraction of sp³-hybridized carbons (Fsp3) is 0.346. The second-order valence-electron chi connectivity index (χ2n) is 9.17. The third-order valence-electron chi connectivity index (χ3n) is 6.91. The number of rotatable bonds is 5. The maximum absolute atomic E-state index is 13.5. The summed E-state index contributed by atoms with van der Waals surface area (Å²) in [6.07, 6.45) is 5.76. The lowest BCUT2D eigenvalue weighted by molar-refractivity contribution is -0.916. The van der Waals surface area contributed by atoms with Crippen LogP contribution in [0.5, 0.6) is 0 Å².